The van der Waals surface area contributed by atoms with Gasteiger partial charge in [0.25, 0.3) is 11.8 Å². The third-order valence-electron chi connectivity index (χ3n) is 5.18. The number of hydrogen-bond donors (Lipinski definition) is 1. The molecule has 0 unspecified atom stereocenters. The van der Waals surface area contributed by atoms with Crippen molar-refractivity contribution >= 4 is 23.1 Å². The van der Waals surface area contributed by atoms with E-state index in [1.54, 1.807) is 0 Å². The fraction of sp³-hybridized carbons (Fsp3) is 0.360. The van der Waals surface area contributed by atoms with Gasteiger partial charge in [-0.15, -0.1) is 0 Å². The summed E-state index contributed by atoms with van der Waals surface area (Å²) in [7, 11) is 0. The first kappa shape index (κ1) is 21.8. The fourth-order valence-corrected chi connectivity index (χ4v) is 3.90. The quantitative estimate of drug-likeness (QED) is 0.517. The highest BCUT2D eigenvalue weighted by molar-refractivity contribution is 6.36. The third kappa shape index (κ3) is 4.62. The van der Waals surface area contributed by atoms with Crippen LogP contribution in [0.25, 0.3) is 5.57 Å². The minimum Gasteiger partial charge on any atom is -0.382 e. The number of aryl methyl sites for hydroxylation is 4. The van der Waals surface area contributed by atoms with Crippen LogP contribution in [0.15, 0.2) is 42.1 Å². The van der Waals surface area contributed by atoms with Gasteiger partial charge < -0.3 is 10.1 Å². The van der Waals surface area contributed by atoms with E-state index in [9.17, 15) is 9.59 Å². The largest absolute Gasteiger partial charge is 0.382 e. The molecule has 3 rings (SSSR count). The summed E-state index contributed by atoms with van der Waals surface area (Å²) < 4.78 is 5.38. The van der Waals surface area contributed by atoms with Gasteiger partial charge in [0, 0.05) is 25.4 Å². The van der Waals surface area contributed by atoms with Crippen LogP contribution >= 0.6 is 0 Å². The number of benzene rings is 2. The summed E-state index contributed by atoms with van der Waals surface area (Å²) in [6.07, 6.45) is 0.613. The summed E-state index contributed by atoms with van der Waals surface area (Å²) in [5, 5.41) is 3.26. The fourth-order valence-electron chi connectivity index (χ4n) is 3.90. The predicted molar refractivity (Wildman–Crippen MR) is 120 cm³/mol. The normalized spacial score (nSPS) is 14.1. The van der Waals surface area contributed by atoms with Gasteiger partial charge in [-0.1, -0.05) is 29.8 Å². The Kier molecular flexibility index (Phi) is 6.73. The van der Waals surface area contributed by atoms with Crippen LogP contribution in [0.1, 0.15) is 41.2 Å². The van der Waals surface area contributed by atoms with Crippen LogP contribution in [0, 0.1) is 27.7 Å². The molecule has 1 N–H and O–H groups in total. The summed E-state index contributed by atoms with van der Waals surface area (Å²) in [5.74, 6) is -0.541. The first-order valence-electron chi connectivity index (χ1n) is 10.4. The Bertz CT molecular complexity index is 987. The molecule has 0 radical (unpaired) electrons. The second kappa shape index (κ2) is 9.26. The van der Waals surface area contributed by atoms with E-state index in [4.69, 9.17) is 4.74 Å². The second-order valence-corrected chi connectivity index (χ2v) is 7.88. The predicted octanol–water partition coefficient (Wildman–Crippen LogP) is 4.54. The Morgan fingerprint density at radius 2 is 1.60 bits per heavy atom. The number of imide groups is 1. The Morgan fingerprint density at radius 1 is 0.900 bits per heavy atom. The molecule has 0 aliphatic carbocycles. The zero-order valence-corrected chi connectivity index (χ0v) is 18.5. The van der Waals surface area contributed by atoms with Gasteiger partial charge in [0.05, 0.1) is 5.57 Å². The van der Waals surface area contributed by atoms with Crippen molar-refractivity contribution in [2.75, 3.05) is 25.1 Å². The topological polar surface area (TPSA) is 58.6 Å². The summed E-state index contributed by atoms with van der Waals surface area (Å²) in [6.45, 7) is 11.4. The van der Waals surface area contributed by atoms with Gasteiger partial charge in [0.15, 0.2) is 0 Å². The molecule has 30 heavy (non-hydrogen) atoms. The van der Waals surface area contributed by atoms with E-state index < -0.39 is 0 Å². The molecule has 2 amide bonds. The Hall–Kier alpha value is -2.92. The maximum Gasteiger partial charge on any atom is 0.278 e. The summed E-state index contributed by atoms with van der Waals surface area (Å²) in [5.41, 5.74) is 6.66. The van der Waals surface area contributed by atoms with Crippen molar-refractivity contribution in [2.24, 2.45) is 0 Å². The van der Waals surface area contributed by atoms with Crippen LogP contribution in [0.2, 0.25) is 0 Å². The van der Waals surface area contributed by atoms with Crippen molar-refractivity contribution in [3.8, 4) is 0 Å². The second-order valence-electron chi connectivity index (χ2n) is 7.88. The van der Waals surface area contributed by atoms with Gasteiger partial charge in [0.1, 0.15) is 5.70 Å². The number of anilines is 1. The lowest BCUT2D eigenvalue weighted by Gasteiger charge is -2.15. The van der Waals surface area contributed by atoms with Gasteiger partial charge in [0.2, 0.25) is 0 Å². The minimum atomic E-state index is -0.286. The van der Waals surface area contributed by atoms with Crippen molar-refractivity contribution in [2.45, 2.75) is 41.0 Å². The average Bonchev–Trinajstić information content (AvgIpc) is 2.89. The molecule has 1 aliphatic rings. The molecule has 0 spiro atoms. The van der Waals surface area contributed by atoms with Crippen LogP contribution in [0.3, 0.4) is 0 Å². The number of carbonyl (C=O) groups excluding carboxylic acids is 2. The molecule has 2 aromatic rings. The number of rotatable bonds is 8. The monoisotopic (exact) mass is 406 g/mol. The highest BCUT2D eigenvalue weighted by Crippen LogP contribution is 2.33. The molecular weight excluding hydrogens is 376 g/mol. The minimum absolute atomic E-state index is 0.254. The third-order valence-corrected chi connectivity index (χ3v) is 5.18. The Morgan fingerprint density at radius 3 is 2.23 bits per heavy atom. The molecule has 2 aromatic carbocycles. The number of amides is 2. The van der Waals surface area contributed by atoms with E-state index in [0.717, 1.165) is 33.5 Å². The number of ether oxygens (including phenoxy) is 1. The molecular formula is C25H30N2O3. The molecule has 5 nitrogen and oxygen atoms in total. The molecule has 0 aromatic heterocycles. The van der Waals surface area contributed by atoms with Crippen molar-refractivity contribution in [1.82, 2.24) is 4.90 Å². The van der Waals surface area contributed by atoms with Crippen LogP contribution < -0.4 is 5.32 Å². The number of carbonyl (C=O) groups is 2. The van der Waals surface area contributed by atoms with Crippen LogP contribution in [0.4, 0.5) is 5.69 Å². The van der Waals surface area contributed by atoms with E-state index in [-0.39, 0.29) is 11.8 Å². The van der Waals surface area contributed by atoms with Crippen molar-refractivity contribution in [3.63, 3.8) is 0 Å². The standard InChI is InChI=1S/C25H30N2O3/c1-6-30-11-7-10-27-24(28)22(21-9-8-16(2)13-19(21)5)23(25(27)29)26-20-14-17(3)12-18(4)15-20/h8-9,12-15,26H,6-7,10-11H2,1-5H3. The molecule has 0 saturated carbocycles. The summed E-state index contributed by atoms with van der Waals surface area (Å²) >= 11 is 0. The molecule has 1 aliphatic heterocycles. The number of hydrogen-bond acceptors (Lipinski definition) is 4. The van der Waals surface area contributed by atoms with Gasteiger partial charge in [-0.05, 0) is 75.4 Å². The summed E-state index contributed by atoms with van der Waals surface area (Å²) in [4.78, 5) is 27.9. The van der Waals surface area contributed by atoms with E-state index >= 15 is 0 Å². The Balaban J connectivity index is 2.01. The van der Waals surface area contributed by atoms with Crippen molar-refractivity contribution in [1.29, 1.82) is 0 Å². The van der Waals surface area contributed by atoms with Crippen LogP contribution in [-0.4, -0.2) is 36.5 Å². The zero-order valence-electron chi connectivity index (χ0n) is 18.5. The number of nitrogens with one attached hydrogen (secondary N) is 1. The number of nitrogens with zero attached hydrogens (tertiary/aromatic N) is 1. The molecule has 0 atom stereocenters. The highest BCUT2D eigenvalue weighted by Gasteiger charge is 2.39. The van der Waals surface area contributed by atoms with Gasteiger partial charge in [-0.3, -0.25) is 14.5 Å². The molecule has 0 saturated heterocycles. The Labute approximate surface area is 178 Å². The first-order chi connectivity index (χ1) is 14.3. The van der Waals surface area contributed by atoms with E-state index in [0.29, 0.717) is 37.4 Å². The van der Waals surface area contributed by atoms with Crippen LogP contribution in [0.5, 0.6) is 0 Å². The molecule has 1 heterocycles. The summed E-state index contributed by atoms with van der Waals surface area (Å²) in [6, 6.07) is 12.0. The molecule has 0 bridgehead atoms. The van der Waals surface area contributed by atoms with E-state index in [2.05, 4.69) is 11.4 Å². The maximum atomic E-state index is 13.3. The maximum absolute atomic E-state index is 13.3. The molecule has 0 fully saturated rings. The lowest BCUT2D eigenvalue weighted by Crippen LogP contribution is -2.34. The lowest BCUT2D eigenvalue weighted by atomic mass is 9.97. The first-order valence-corrected chi connectivity index (χ1v) is 10.4. The average molecular weight is 407 g/mol. The van der Waals surface area contributed by atoms with Crippen molar-refractivity contribution < 1.29 is 14.3 Å². The van der Waals surface area contributed by atoms with Crippen molar-refractivity contribution in [3.05, 3.63) is 69.9 Å². The van der Waals surface area contributed by atoms with E-state index in [1.807, 2.05) is 65.0 Å². The highest BCUT2D eigenvalue weighted by atomic mass is 16.5. The van der Waals surface area contributed by atoms with E-state index in [1.165, 1.54) is 4.90 Å². The van der Waals surface area contributed by atoms with Gasteiger partial charge in [-0.25, -0.2) is 0 Å². The lowest BCUT2D eigenvalue weighted by molar-refractivity contribution is -0.137. The molecule has 5 heteroatoms. The van der Waals surface area contributed by atoms with Gasteiger partial charge in [-0.2, -0.15) is 0 Å². The molecule has 158 valence electrons. The zero-order chi connectivity index (χ0) is 21.8. The smallest absolute Gasteiger partial charge is 0.278 e. The van der Waals surface area contributed by atoms with Crippen LogP contribution in [-0.2, 0) is 14.3 Å². The SMILES string of the molecule is CCOCCCN1C(=O)C(Nc2cc(C)cc(C)c2)=C(c2ccc(C)cc2C)C1=O. The van der Waals surface area contributed by atoms with Gasteiger partial charge >= 0.3 is 0 Å².